The summed E-state index contributed by atoms with van der Waals surface area (Å²) >= 11 is 5.96. The van der Waals surface area contributed by atoms with E-state index in [1.54, 1.807) is 18.2 Å². The first-order chi connectivity index (χ1) is 14.5. The third-order valence-electron chi connectivity index (χ3n) is 4.71. The number of halogens is 1. The zero-order valence-electron chi connectivity index (χ0n) is 16.0. The molecule has 0 saturated carbocycles. The molecule has 2 N–H and O–H groups in total. The van der Waals surface area contributed by atoms with Crippen LogP contribution in [-0.2, 0) is 0 Å². The van der Waals surface area contributed by atoms with Gasteiger partial charge in [0.05, 0.1) is 23.7 Å². The summed E-state index contributed by atoms with van der Waals surface area (Å²) in [5.41, 5.74) is 1.95. The molecule has 1 aromatic carbocycles. The van der Waals surface area contributed by atoms with Crippen LogP contribution in [0.1, 0.15) is 17.5 Å². The molecule has 0 saturated heterocycles. The number of nitrogens with one attached hydrogen (secondary N) is 2. The standard InChI is InChI=1S/C20H16ClN5O4/c1-9-8-22-17-16-10-3-6-14(30-15-7-13(21)25-20(26-15)28-2)24-11(10)4-5-12(16)29-18(17)19(27)23-9/h3-7,9,22H,8H2,1-2H3,(H,23,27)/t9-/m1/s1. The minimum absolute atomic E-state index is 0.0140. The molecule has 152 valence electrons. The number of carbonyl (C=O) groups is 1. The molecule has 4 aromatic rings. The van der Waals surface area contributed by atoms with Gasteiger partial charge in [-0.15, -0.1) is 0 Å². The first kappa shape index (κ1) is 18.4. The third-order valence-corrected chi connectivity index (χ3v) is 4.90. The molecule has 0 aliphatic carbocycles. The number of furan rings is 1. The zero-order chi connectivity index (χ0) is 20.8. The fraction of sp³-hybridized carbons (Fsp3) is 0.200. The summed E-state index contributed by atoms with van der Waals surface area (Å²) in [4.78, 5) is 25.0. The van der Waals surface area contributed by atoms with Gasteiger partial charge in [-0.1, -0.05) is 11.6 Å². The molecule has 4 heterocycles. The predicted molar refractivity (Wildman–Crippen MR) is 111 cm³/mol. The van der Waals surface area contributed by atoms with E-state index >= 15 is 0 Å². The van der Waals surface area contributed by atoms with Gasteiger partial charge in [0.1, 0.15) is 10.7 Å². The molecule has 10 heteroatoms. The first-order valence-electron chi connectivity index (χ1n) is 9.19. The van der Waals surface area contributed by atoms with Crippen LogP contribution in [0.25, 0.3) is 21.9 Å². The second-order valence-corrected chi connectivity index (χ2v) is 7.22. The lowest BCUT2D eigenvalue weighted by Gasteiger charge is -2.10. The van der Waals surface area contributed by atoms with Gasteiger partial charge in [0.15, 0.2) is 0 Å². The van der Waals surface area contributed by atoms with Crippen molar-refractivity contribution in [3.63, 3.8) is 0 Å². The van der Waals surface area contributed by atoms with Crippen molar-refractivity contribution in [3.8, 4) is 17.8 Å². The Kier molecular flexibility index (Phi) is 4.32. The number of rotatable bonds is 3. The van der Waals surface area contributed by atoms with Gasteiger partial charge >= 0.3 is 6.01 Å². The van der Waals surface area contributed by atoms with Crippen LogP contribution in [0.4, 0.5) is 5.69 Å². The van der Waals surface area contributed by atoms with Gasteiger partial charge in [0.25, 0.3) is 5.91 Å². The Morgan fingerprint density at radius 3 is 2.87 bits per heavy atom. The van der Waals surface area contributed by atoms with Crippen molar-refractivity contribution in [2.24, 2.45) is 0 Å². The highest BCUT2D eigenvalue weighted by atomic mass is 35.5. The van der Waals surface area contributed by atoms with E-state index in [9.17, 15) is 4.79 Å². The fourth-order valence-corrected chi connectivity index (χ4v) is 3.56. The van der Waals surface area contributed by atoms with E-state index in [1.807, 2.05) is 13.0 Å². The van der Waals surface area contributed by atoms with Crippen molar-refractivity contribution in [2.45, 2.75) is 13.0 Å². The normalized spacial score (nSPS) is 16.0. The average Bonchev–Trinajstić information content (AvgIpc) is 3.04. The van der Waals surface area contributed by atoms with Crippen LogP contribution in [0.3, 0.4) is 0 Å². The van der Waals surface area contributed by atoms with Crippen molar-refractivity contribution in [1.29, 1.82) is 0 Å². The van der Waals surface area contributed by atoms with E-state index in [0.29, 0.717) is 29.2 Å². The van der Waals surface area contributed by atoms with Crippen LogP contribution in [0.5, 0.6) is 17.8 Å². The number of methoxy groups -OCH3 is 1. The Balaban J connectivity index is 1.58. The minimum atomic E-state index is -0.241. The number of pyridine rings is 1. The van der Waals surface area contributed by atoms with Crippen LogP contribution in [-0.4, -0.2) is 40.6 Å². The van der Waals surface area contributed by atoms with Crippen molar-refractivity contribution in [3.05, 3.63) is 41.2 Å². The average molecular weight is 426 g/mol. The van der Waals surface area contributed by atoms with E-state index in [2.05, 4.69) is 25.6 Å². The lowest BCUT2D eigenvalue weighted by molar-refractivity contribution is 0.0920. The summed E-state index contributed by atoms with van der Waals surface area (Å²) in [6.07, 6.45) is 0. The number of hydrogen-bond donors (Lipinski definition) is 2. The predicted octanol–water partition coefficient (Wildman–Crippen LogP) is 3.77. The molecule has 0 radical (unpaired) electrons. The highest BCUT2D eigenvalue weighted by molar-refractivity contribution is 6.29. The van der Waals surface area contributed by atoms with Gasteiger partial charge in [-0.2, -0.15) is 9.97 Å². The second-order valence-electron chi connectivity index (χ2n) is 6.83. The summed E-state index contributed by atoms with van der Waals surface area (Å²) in [6.45, 7) is 2.52. The van der Waals surface area contributed by atoms with Gasteiger partial charge in [0, 0.05) is 30.1 Å². The molecule has 1 aliphatic heterocycles. The molecule has 1 amide bonds. The molecule has 0 unspecified atom stereocenters. The smallest absolute Gasteiger partial charge is 0.320 e. The molecule has 30 heavy (non-hydrogen) atoms. The highest BCUT2D eigenvalue weighted by Crippen LogP contribution is 2.37. The van der Waals surface area contributed by atoms with Crippen molar-refractivity contribution < 1.29 is 18.7 Å². The number of aromatic nitrogens is 3. The summed E-state index contributed by atoms with van der Waals surface area (Å²) in [5.74, 6) is 0.566. The topological polar surface area (TPSA) is 111 Å². The van der Waals surface area contributed by atoms with E-state index in [0.717, 1.165) is 10.8 Å². The number of benzene rings is 1. The summed E-state index contributed by atoms with van der Waals surface area (Å²) in [7, 11) is 1.44. The van der Waals surface area contributed by atoms with Crippen molar-refractivity contribution in [2.75, 3.05) is 19.0 Å². The first-order valence-corrected chi connectivity index (χ1v) is 9.57. The van der Waals surface area contributed by atoms with E-state index in [-0.39, 0.29) is 34.8 Å². The lowest BCUT2D eigenvalue weighted by Crippen LogP contribution is -2.34. The molecule has 0 bridgehead atoms. The number of ether oxygens (including phenoxy) is 2. The lowest BCUT2D eigenvalue weighted by atomic mass is 10.1. The molecular formula is C20H16ClN5O4. The molecular weight excluding hydrogens is 410 g/mol. The van der Waals surface area contributed by atoms with Crippen molar-refractivity contribution in [1.82, 2.24) is 20.3 Å². The molecule has 0 spiro atoms. The highest BCUT2D eigenvalue weighted by Gasteiger charge is 2.26. The molecule has 5 rings (SSSR count). The van der Waals surface area contributed by atoms with Crippen molar-refractivity contribution >= 4 is 45.1 Å². The third kappa shape index (κ3) is 3.13. The van der Waals surface area contributed by atoms with Gasteiger partial charge in [-0.3, -0.25) is 4.79 Å². The SMILES string of the molecule is COc1nc(Cl)cc(Oc2ccc3c(ccc4oc5c(c43)NC[C@@H](C)NC5=O)n2)n1. The maximum absolute atomic E-state index is 12.4. The zero-order valence-corrected chi connectivity index (χ0v) is 16.8. The Labute approximate surface area is 175 Å². The summed E-state index contributed by atoms with van der Waals surface area (Å²) < 4.78 is 16.6. The number of hydrogen-bond acceptors (Lipinski definition) is 8. The number of nitrogens with zero attached hydrogens (tertiary/aromatic N) is 3. The number of anilines is 1. The van der Waals surface area contributed by atoms with E-state index in [4.69, 9.17) is 25.5 Å². The molecule has 0 fully saturated rings. The van der Waals surface area contributed by atoms with Crippen LogP contribution in [0.2, 0.25) is 5.15 Å². The second kappa shape index (κ2) is 7.03. The number of fused-ring (bicyclic) bond motifs is 5. The Hall–Kier alpha value is -3.59. The molecule has 1 aliphatic rings. The number of amides is 1. The van der Waals surface area contributed by atoms with Crippen LogP contribution >= 0.6 is 11.6 Å². The Morgan fingerprint density at radius 2 is 2.03 bits per heavy atom. The van der Waals surface area contributed by atoms with Crippen LogP contribution in [0, 0.1) is 0 Å². The quantitative estimate of drug-likeness (QED) is 0.477. The largest absolute Gasteiger partial charge is 0.467 e. The summed E-state index contributed by atoms with van der Waals surface area (Å²) in [5, 5.41) is 8.03. The minimum Gasteiger partial charge on any atom is -0.467 e. The van der Waals surface area contributed by atoms with Gasteiger partial charge in [0.2, 0.25) is 17.5 Å². The van der Waals surface area contributed by atoms with Gasteiger partial charge in [-0.05, 0) is 25.1 Å². The van der Waals surface area contributed by atoms with E-state index in [1.165, 1.54) is 13.2 Å². The number of carbonyl (C=O) groups excluding carboxylic acids is 1. The monoisotopic (exact) mass is 425 g/mol. The molecule has 1 atom stereocenters. The van der Waals surface area contributed by atoms with E-state index < -0.39 is 0 Å². The molecule has 3 aromatic heterocycles. The Bertz CT molecular complexity index is 1310. The van der Waals surface area contributed by atoms with Crippen LogP contribution < -0.4 is 20.1 Å². The molecule has 9 nitrogen and oxygen atoms in total. The van der Waals surface area contributed by atoms with Gasteiger partial charge in [-0.25, -0.2) is 4.98 Å². The Morgan fingerprint density at radius 1 is 1.17 bits per heavy atom. The maximum atomic E-state index is 12.4. The maximum Gasteiger partial charge on any atom is 0.320 e. The summed E-state index contributed by atoms with van der Waals surface area (Å²) in [6, 6.07) is 8.72. The fourth-order valence-electron chi connectivity index (χ4n) is 3.39. The van der Waals surface area contributed by atoms with Crippen LogP contribution in [0.15, 0.2) is 34.7 Å². The van der Waals surface area contributed by atoms with Gasteiger partial charge < -0.3 is 24.5 Å².